The second kappa shape index (κ2) is 6.10. The summed E-state index contributed by atoms with van der Waals surface area (Å²) in [6.45, 7) is 2.03. The van der Waals surface area contributed by atoms with Crippen LogP contribution in [0.3, 0.4) is 0 Å². The quantitative estimate of drug-likeness (QED) is 0.768. The lowest BCUT2D eigenvalue weighted by Gasteiger charge is -2.11. The van der Waals surface area contributed by atoms with Gasteiger partial charge >= 0.3 is 0 Å². The molecule has 1 unspecified atom stereocenters. The van der Waals surface area contributed by atoms with Crippen LogP contribution in [-0.4, -0.2) is 24.7 Å². The molecule has 0 radical (unpaired) electrons. The largest absolute Gasteiger partial charge is 0.433 e. The van der Waals surface area contributed by atoms with Gasteiger partial charge in [0.25, 0.3) is 5.88 Å². The average Bonchev–Trinajstić information content (AvgIpc) is 2.99. The van der Waals surface area contributed by atoms with Crippen molar-refractivity contribution in [2.45, 2.75) is 13.0 Å². The number of nitrogens with zero attached hydrogens (tertiary/aromatic N) is 5. The first kappa shape index (κ1) is 14.5. The zero-order chi connectivity index (χ0) is 15.5. The van der Waals surface area contributed by atoms with E-state index in [1.807, 2.05) is 25.3 Å². The van der Waals surface area contributed by atoms with Gasteiger partial charge in [0.1, 0.15) is 4.60 Å². The maximum Gasteiger partial charge on any atom is 0.263 e. The van der Waals surface area contributed by atoms with Crippen LogP contribution in [0.2, 0.25) is 0 Å². The van der Waals surface area contributed by atoms with E-state index < -0.39 is 0 Å². The van der Waals surface area contributed by atoms with Crippen molar-refractivity contribution in [3.05, 3.63) is 53.3 Å². The maximum atomic E-state index is 5.74. The molecule has 0 fully saturated rings. The van der Waals surface area contributed by atoms with E-state index in [1.54, 1.807) is 23.3 Å². The van der Waals surface area contributed by atoms with Gasteiger partial charge < -0.3 is 10.5 Å². The topological polar surface area (TPSA) is 91.7 Å². The van der Waals surface area contributed by atoms with Crippen molar-refractivity contribution in [3.63, 3.8) is 0 Å². The van der Waals surface area contributed by atoms with Crippen LogP contribution in [0.25, 0.3) is 0 Å². The second-order valence-electron chi connectivity index (χ2n) is 4.60. The summed E-state index contributed by atoms with van der Waals surface area (Å²) in [5.74, 6) is 0.994. The summed E-state index contributed by atoms with van der Waals surface area (Å²) >= 11 is 3.23. The molecule has 3 heterocycles. The zero-order valence-electron chi connectivity index (χ0n) is 11.7. The number of nitrogens with two attached hydrogens (primary N) is 1. The van der Waals surface area contributed by atoms with E-state index in [0.717, 1.165) is 5.56 Å². The zero-order valence-corrected chi connectivity index (χ0v) is 13.3. The number of pyridine rings is 1. The molecule has 0 saturated heterocycles. The minimum atomic E-state index is 0.0389. The van der Waals surface area contributed by atoms with Gasteiger partial charge in [-0.1, -0.05) is 6.07 Å². The van der Waals surface area contributed by atoms with Gasteiger partial charge in [0.15, 0.2) is 11.6 Å². The van der Waals surface area contributed by atoms with Crippen molar-refractivity contribution < 1.29 is 4.74 Å². The molecule has 0 saturated carbocycles. The molecule has 7 nitrogen and oxygen atoms in total. The fraction of sp³-hybridized carbons (Fsp3) is 0.143. The van der Waals surface area contributed by atoms with Gasteiger partial charge in [-0.2, -0.15) is 5.10 Å². The highest BCUT2D eigenvalue weighted by Crippen LogP contribution is 2.26. The SMILES string of the molecule is CC(c1cccnc1)n1cc(Oc2nc(Br)cnc2N)cn1. The monoisotopic (exact) mass is 360 g/mol. The Morgan fingerprint density at radius 1 is 1.32 bits per heavy atom. The average molecular weight is 361 g/mol. The van der Waals surface area contributed by atoms with Gasteiger partial charge in [-0.3, -0.25) is 9.67 Å². The predicted molar refractivity (Wildman–Crippen MR) is 84.5 cm³/mol. The molecular formula is C14H13BrN6O. The lowest BCUT2D eigenvalue weighted by atomic mass is 10.1. The smallest absolute Gasteiger partial charge is 0.263 e. The van der Waals surface area contributed by atoms with Crippen LogP contribution in [0.5, 0.6) is 11.6 Å². The molecule has 3 aromatic rings. The number of ether oxygens (including phenoxy) is 1. The van der Waals surface area contributed by atoms with Crippen molar-refractivity contribution in [2.24, 2.45) is 0 Å². The number of hydrogen-bond acceptors (Lipinski definition) is 6. The Balaban J connectivity index is 1.81. The molecule has 0 bridgehead atoms. The van der Waals surface area contributed by atoms with Gasteiger partial charge in [0.2, 0.25) is 0 Å². The van der Waals surface area contributed by atoms with Crippen LogP contribution in [0.4, 0.5) is 5.82 Å². The normalized spacial score (nSPS) is 12.1. The Morgan fingerprint density at radius 2 is 2.18 bits per heavy atom. The predicted octanol–water partition coefficient (Wildman–Crippen LogP) is 2.81. The molecule has 0 aromatic carbocycles. The van der Waals surface area contributed by atoms with Crippen molar-refractivity contribution >= 4 is 21.7 Å². The molecule has 22 heavy (non-hydrogen) atoms. The highest BCUT2D eigenvalue weighted by atomic mass is 79.9. The summed E-state index contributed by atoms with van der Waals surface area (Å²) in [6.07, 6.45) is 8.44. The summed E-state index contributed by atoms with van der Waals surface area (Å²) < 4.78 is 7.96. The molecule has 3 aromatic heterocycles. The molecule has 0 aliphatic carbocycles. The Labute approximate surface area is 135 Å². The van der Waals surface area contributed by atoms with Crippen LogP contribution >= 0.6 is 15.9 Å². The lowest BCUT2D eigenvalue weighted by Crippen LogP contribution is -2.07. The highest BCUT2D eigenvalue weighted by molar-refractivity contribution is 9.10. The van der Waals surface area contributed by atoms with Gasteiger partial charge in [0, 0.05) is 12.4 Å². The molecule has 8 heteroatoms. The Bertz CT molecular complexity index is 776. The second-order valence-corrected chi connectivity index (χ2v) is 5.42. The summed E-state index contributed by atoms with van der Waals surface area (Å²) in [6, 6.07) is 3.93. The maximum absolute atomic E-state index is 5.74. The molecule has 0 aliphatic rings. The summed E-state index contributed by atoms with van der Waals surface area (Å²) in [5, 5.41) is 4.30. The molecule has 2 N–H and O–H groups in total. The van der Waals surface area contributed by atoms with Gasteiger partial charge in [-0.15, -0.1) is 0 Å². The van der Waals surface area contributed by atoms with E-state index in [0.29, 0.717) is 10.4 Å². The number of rotatable bonds is 4. The van der Waals surface area contributed by atoms with Crippen molar-refractivity contribution in [1.29, 1.82) is 0 Å². The lowest BCUT2D eigenvalue weighted by molar-refractivity contribution is 0.459. The molecule has 0 amide bonds. The first-order valence-corrected chi connectivity index (χ1v) is 7.32. The number of halogens is 1. The van der Waals surface area contributed by atoms with E-state index in [2.05, 4.69) is 36.0 Å². The minimum absolute atomic E-state index is 0.0389. The highest BCUT2D eigenvalue weighted by Gasteiger charge is 2.12. The summed E-state index contributed by atoms with van der Waals surface area (Å²) in [4.78, 5) is 12.2. The molecule has 0 spiro atoms. The summed E-state index contributed by atoms with van der Waals surface area (Å²) in [5.41, 5.74) is 6.79. The van der Waals surface area contributed by atoms with E-state index in [4.69, 9.17) is 10.5 Å². The van der Waals surface area contributed by atoms with Crippen LogP contribution in [0.15, 0.2) is 47.7 Å². The number of aromatic nitrogens is 5. The third kappa shape index (κ3) is 3.06. The van der Waals surface area contributed by atoms with E-state index in [-0.39, 0.29) is 17.7 Å². The van der Waals surface area contributed by atoms with Crippen LogP contribution in [0.1, 0.15) is 18.5 Å². The van der Waals surface area contributed by atoms with Gasteiger partial charge in [0.05, 0.1) is 24.6 Å². The Hall–Kier alpha value is -2.48. The minimum Gasteiger partial charge on any atom is -0.433 e. The van der Waals surface area contributed by atoms with E-state index in [1.165, 1.54) is 6.20 Å². The molecule has 0 aliphatic heterocycles. The van der Waals surface area contributed by atoms with E-state index in [9.17, 15) is 0 Å². The van der Waals surface area contributed by atoms with Crippen molar-refractivity contribution in [1.82, 2.24) is 24.7 Å². The molecular weight excluding hydrogens is 348 g/mol. The summed E-state index contributed by atoms with van der Waals surface area (Å²) in [7, 11) is 0. The van der Waals surface area contributed by atoms with E-state index >= 15 is 0 Å². The first-order valence-electron chi connectivity index (χ1n) is 6.53. The Kier molecular flexibility index (Phi) is 4.01. The van der Waals surface area contributed by atoms with Crippen LogP contribution in [0, 0.1) is 0 Å². The van der Waals surface area contributed by atoms with Crippen LogP contribution in [-0.2, 0) is 0 Å². The number of nitrogen functional groups attached to an aromatic ring is 1. The first-order chi connectivity index (χ1) is 10.6. The van der Waals surface area contributed by atoms with Crippen LogP contribution < -0.4 is 10.5 Å². The van der Waals surface area contributed by atoms with Gasteiger partial charge in [-0.05, 0) is 34.5 Å². The number of hydrogen-bond donors (Lipinski definition) is 1. The fourth-order valence-corrected chi connectivity index (χ4v) is 2.17. The van der Waals surface area contributed by atoms with Crippen molar-refractivity contribution in [3.8, 4) is 11.6 Å². The molecule has 3 rings (SSSR count). The Morgan fingerprint density at radius 3 is 2.95 bits per heavy atom. The van der Waals surface area contributed by atoms with Crippen molar-refractivity contribution in [2.75, 3.05) is 5.73 Å². The molecule has 1 atom stereocenters. The van der Waals surface area contributed by atoms with Gasteiger partial charge in [-0.25, -0.2) is 9.97 Å². The molecule has 112 valence electrons. The standard InChI is InChI=1S/C14H13BrN6O/c1-9(10-3-2-4-17-5-10)21-8-11(6-19-21)22-14-13(16)18-7-12(15)20-14/h2-9H,1H3,(H2,16,18). The fourth-order valence-electron chi connectivity index (χ4n) is 1.91. The third-order valence-electron chi connectivity index (χ3n) is 3.09. The number of anilines is 1. The third-order valence-corrected chi connectivity index (χ3v) is 3.48.